The average molecular weight is 410 g/mol. The minimum Gasteiger partial charge on any atom is -0.353 e. The van der Waals surface area contributed by atoms with E-state index in [1.54, 1.807) is 0 Å². The number of fused-ring (bicyclic) bond motifs is 2. The van der Waals surface area contributed by atoms with Crippen molar-refractivity contribution in [3.63, 3.8) is 0 Å². The number of aromatic nitrogens is 5. The van der Waals surface area contributed by atoms with Crippen molar-refractivity contribution in [3.05, 3.63) is 71.9 Å². The van der Waals surface area contributed by atoms with Gasteiger partial charge in [0, 0.05) is 50.4 Å². The zero-order chi connectivity index (χ0) is 20.2. The van der Waals surface area contributed by atoms with Crippen molar-refractivity contribution in [1.29, 1.82) is 0 Å². The van der Waals surface area contributed by atoms with Gasteiger partial charge in [0.25, 0.3) is 0 Å². The second-order valence-electron chi connectivity index (χ2n) is 7.60. The van der Waals surface area contributed by atoms with E-state index in [1.807, 2.05) is 35.5 Å². The molecule has 0 atom stereocenters. The molecule has 2 N–H and O–H groups in total. The Kier molecular flexibility index (Phi) is 3.70. The number of nitrogens with zero attached hydrogens (tertiary/aromatic N) is 3. The summed E-state index contributed by atoms with van der Waals surface area (Å²) in [4.78, 5) is 6.18. The monoisotopic (exact) mass is 409 g/mol. The molecule has 0 amide bonds. The van der Waals surface area contributed by atoms with Crippen LogP contribution in [0.2, 0.25) is 0 Å². The number of H-pyrrole nitrogens is 2. The number of nitrogens with one attached hydrogen (secondary N) is 2. The van der Waals surface area contributed by atoms with Crippen LogP contribution in [0.5, 0.6) is 0 Å². The molecule has 146 valence electrons. The molecule has 0 fully saturated rings. The molecule has 0 bridgehead atoms. The average Bonchev–Trinajstić information content (AvgIpc) is 3.52. The predicted molar refractivity (Wildman–Crippen MR) is 124 cm³/mol. The van der Waals surface area contributed by atoms with Crippen molar-refractivity contribution < 1.29 is 0 Å². The third-order valence-corrected chi connectivity index (χ3v) is 6.56. The maximum absolute atomic E-state index is 4.63. The first-order valence-electron chi connectivity index (χ1n) is 9.82. The van der Waals surface area contributed by atoms with Gasteiger partial charge in [0.15, 0.2) is 0 Å². The SMILES string of the molecule is Cc1ccc(-c2cccc3[nH]c(-c4n[nH]c5ccc(-c6cnn(C)c6)cc45)cc23)s1. The highest BCUT2D eigenvalue weighted by molar-refractivity contribution is 7.15. The third-order valence-electron chi connectivity index (χ3n) is 5.53. The lowest BCUT2D eigenvalue weighted by molar-refractivity contribution is 0.768. The Hall–Kier alpha value is -3.64. The molecule has 6 aromatic rings. The molecule has 0 aliphatic carbocycles. The van der Waals surface area contributed by atoms with E-state index in [0.29, 0.717) is 0 Å². The molecule has 0 spiro atoms. The van der Waals surface area contributed by atoms with Crippen LogP contribution in [0.3, 0.4) is 0 Å². The van der Waals surface area contributed by atoms with Crippen LogP contribution in [0.1, 0.15) is 4.88 Å². The van der Waals surface area contributed by atoms with Crippen LogP contribution in [0.15, 0.2) is 67.0 Å². The minimum absolute atomic E-state index is 0.931. The molecular formula is C24H19N5S. The Morgan fingerprint density at radius 3 is 2.67 bits per heavy atom. The first-order valence-corrected chi connectivity index (χ1v) is 10.6. The number of hydrogen-bond donors (Lipinski definition) is 2. The first-order chi connectivity index (χ1) is 14.7. The quantitative estimate of drug-likeness (QED) is 0.368. The third kappa shape index (κ3) is 2.69. The van der Waals surface area contributed by atoms with Crippen LogP contribution in [-0.4, -0.2) is 25.0 Å². The normalized spacial score (nSPS) is 11.7. The molecule has 0 aliphatic heterocycles. The smallest absolute Gasteiger partial charge is 0.116 e. The molecule has 6 heteroatoms. The van der Waals surface area contributed by atoms with Crippen molar-refractivity contribution in [3.8, 4) is 33.0 Å². The molecule has 2 aromatic carbocycles. The summed E-state index contributed by atoms with van der Waals surface area (Å²) >= 11 is 1.82. The Balaban J connectivity index is 1.52. The lowest BCUT2D eigenvalue weighted by Gasteiger charge is -1.99. The van der Waals surface area contributed by atoms with E-state index < -0.39 is 0 Å². The van der Waals surface area contributed by atoms with Gasteiger partial charge in [0.05, 0.1) is 17.4 Å². The van der Waals surface area contributed by atoms with Crippen molar-refractivity contribution in [2.24, 2.45) is 7.05 Å². The summed E-state index contributed by atoms with van der Waals surface area (Å²) < 4.78 is 1.82. The minimum atomic E-state index is 0.931. The maximum atomic E-state index is 4.63. The number of benzene rings is 2. The molecule has 0 aliphatic rings. The van der Waals surface area contributed by atoms with Gasteiger partial charge in [0.1, 0.15) is 5.69 Å². The summed E-state index contributed by atoms with van der Waals surface area (Å²) in [5.74, 6) is 0. The lowest BCUT2D eigenvalue weighted by Crippen LogP contribution is -1.84. The zero-order valence-corrected chi connectivity index (χ0v) is 17.4. The van der Waals surface area contributed by atoms with Gasteiger partial charge in [-0.3, -0.25) is 9.78 Å². The summed E-state index contributed by atoms with van der Waals surface area (Å²) in [6.45, 7) is 2.15. The van der Waals surface area contributed by atoms with Crippen molar-refractivity contribution in [1.82, 2.24) is 25.0 Å². The summed E-state index contributed by atoms with van der Waals surface area (Å²) in [6.07, 6.45) is 3.91. The fourth-order valence-corrected chi connectivity index (χ4v) is 4.95. The number of hydrogen-bond acceptors (Lipinski definition) is 3. The summed E-state index contributed by atoms with van der Waals surface area (Å²) in [7, 11) is 1.93. The maximum Gasteiger partial charge on any atom is 0.116 e. The fraction of sp³-hybridized carbons (Fsp3) is 0.0833. The topological polar surface area (TPSA) is 62.3 Å². The highest BCUT2D eigenvalue weighted by Crippen LogP contribution is 2.37. The second kappa shape index (κ2) is 6.43. The predicted octanol–water partition coefficient (Wildman–Crippen LogP) is 6.15. The van der Waals surface area contributed by atoms with Crippen LogP contribution >= 0.6 is 11.3 Å². The van der Waals surface area contributed by atoms with Crippen molar-refractivity contribution in [2.45, 2.75) is 6.92 Å². The zero-order valence-electron chi connectivity index (χ0n) is 16.6. The van der Waals surface area contributed by atoms with Crippen LogP contribution in [-0.2, 0) is 7.05 Å². The molecule has 0 radical (unpaired) electrons. The van der Waals surface area contributed by atoms with E-state index in [9.17, 15) is 0 Å². The summed E-state index contributed by atoms with van der Waals surface area (Å²) in [6, 6.07) is 19.4. The Bertz CT molecular complexity index is 1530. The van der Waals surface area contributed by atoms with E-state index in [0.717, 1.165) is 38.9 Å². The Labute approximate surface area is 177 Å². The molecule has 6 rings (SSSR count). The highest BCUT2D eigenvalue weighted by Gasteiger charge is 2.15. The van der Waals surface area contributed by atoms with E-state index >= 15 is 0 Å². The number of thiophene rings is 1. The molecule has 0 saturated heterocycles. The van der Waals surface area contributed by atoms with E-state index in [4.69, 9.17) is 0 Å². The number of aromatic amines is 2. The van der Waals surface area contributed by atoms with Gasteiger partial charge < -0.3 is 4.98 Å². The van der Waals surface area contributed by atoms with E-state index in [-0.39, 0.29) is 0 Å². The van der Waals surface area contributed by atoms with Gasteiger partial charge in [-0.05, 0) is 48.9 Å². The Morgan fingerprint density at radius 2 is 1.87 bits per heavy atom. The fourth-order valence-electron chi connectivity index (χ4n) is 4.05. The first kappa shape index (κ1) is 17.2. The van der Waals surface area contributed by atoms with Gasteiger partial charge in [-0.25, -0.2) is 0 Å². The van der Waals surface area contributed by atoms with Crippen molar-refractivity contribution in [2.75, 3.05) is 0 Å². The van der Waals surface area contributed by atoms with Crippen LogP contribution in [0.25, 0.3) is 54.8 Å². The molecule has 4 heterocycles. The van der Waals surface area contributed by atoms with Crippen LogP contribution in [0, 0.1) is 6.92 Å². The largest absolute Gasteiger partial charge is 0.353 e. The van der Waals surface area contributed by atoms with Gasteiger partial charge in [-0.1, -0.05) is 18.2 Å². The van der Waals surface area contributed by atoms with Gasteiger partial charge in [0.2, 0.25) is 0 Å². The van der Waals surface area contributed by atoms with Gasteiger partial charge in [-0.15, -0.1) is 11.3 Å². The van der Waals surface area contributed by atoms with Crippen molar-refractivity contribution >= 4 is 33.1 Å². The molecule has 30 heavy (non-hydrogen) atoms. The standard InChI is InChI=1S/C24H19N5S/c1-14-6-9-23(30-14)17-4-3-5-20-18(17)11-22(26-20)24-19-10-15(7-8-21(19)27-28-24)16-12-25-29(2)13-16/h3-13,26H,1-2H3,(H,27,28). The summed E-state index contributed by atoms with van der Waals surface area (Å²) in [5.41, 5.74) is 7.56. The second-order valence-corrected chi connectivity index (χ2v) is 8.88. The Morgan fingerprint density at radius 1 is 0.933 bits per heavy atom. The summed E-state index contributed by atoms with van der Waals surface area (Å²) in [5, 5.41) is 14.4. The number of rotatable bonds is 3. The molecular weight excluding hydrogens is 390 g/mol. The molecule has 0 unspecified atom stereocenters. The highest BCUT2D eigenvalue weighted by atomic mass is 32.1. The number of aryl methyl sites for hydroxylation is 2. The van der Waals surface area contributed by atoms with E-state index in [1.165, 1.54) is 20.7 Å². The molecule has 4 aromatic heterocycles. The van der Waals surface area contributed by atoms with Crippen LogP contribution < -0.4 is 0 Å². The van der Waals surface area contributed by atoms with E-state index in [2.05, 4.69) is 81.8 Å². The molecule has 0 saturated carbocycles. The molecule has 5 nitrogen and oxygen atoms in total. The van der Waals surface area contributed by atoms with Crippen LogP contribution in [0.4, 0.5) is 0 Å². The lowest BCUT2D eigenvalue weighted by atomic mass is 10.0. The van der Waals surface area contributed by atoms with Gasteiger partial charge in [-0.2, -0.15) is 10.2 Å². The van der Waals surface area contributed by atoms with Gasteiger partial charge >= 0.3 is 0 Å².